The predicted molar refractivity (Wildman–Crippen MR) is 73.9 cm³/mol. The Kier molecular flexibility index (Phi) is 6.58. The molecule has 7 heteroatoms. The van der Waals surface area contributed by atoms with Crippen LogP contribution in [-0.4, -0.2) is 41.7 Å². The van der Waals surface area contributed by atoms with Crippen LogP contribution in [0.1, 0.15) is 38.2 Å². The molecule has 0 fully saturated rings. The molecule has 0 saturated heterocycles. The fourth-order valence-corrected chi connectivity index (χ4v) is 1.72. The minimum absolute atomic E-state index is 0.164. The van der Waals surface area contributed by atoms with E-state index in [9.17, 15) is 9.59 Å². The first-order chi connectivity index (χ1) is 10.0. The Balaban J connectivity index is 3.18. The smallest absolute Gasteiger partial charge is 0.326 e. The number of carbonyl (C=O) groups is 2. The monoisotopic (exact) mass is 296 g/mol. The van der Waals surface area contributed by atoms with Gasteiger partial charge in [0.2, 0.25) is 5.88 Å². The molecule has 0 saturated carbocycles. The summed E-state index contributed by atoms with van der Waals surface area (Å²) in [6.07, 6.45) is 0. The lowest BCUT2D eigenvalue weighted by Crippen LogP contribution is -2.27. The Morgan fingerprint density at radius 1 is 1.05 bits per heavy atom. The summed E-state index contributed by atoms with van der Waals surface area (Å²) < 4.78 is 15.2. The number of nitrogens with zero attached hydrogens (tertiary/aromatic N) is 2. The Labute approximate surface area is 123 Å². The van der Waals surface area contributed by atoms with E-state index in [0.717, 1.165) is 0 Å². The molecule has 0 radical (unpaired) electrons. The first-order valence-corrected chi connectivity index (χ1v) is 6.85. The van der Waals surface area contributed by atoms with Crippen molar-refractivity contribution in [2.75, 3.05) is 19.8 Å². The van der Waals surface area contributed by atoms with E-state index in [2.05, 4.69) is 9.97 Å². The molecule has 0 aliphatic carbocycles. The summed E-state index contributed by atoms with van der Waals surface area (Å²) in [5.74, 6) is -1.92. The van der Waals surface area contributed by atoms with Gasteiger partial charge in [0.1, 0.15) is 5.82 Å². The number of rotatable bonds is 7. The van der Waals surface area contributed by atoms with Crippen molar-refractivity contribution in [1.29, 1.82) is 0 Å². The quantitative estimate of drug-likeness (QED) is 0.555. The molecule has 1 heterocycles. The van der Waals surface area contributed by atoms with Crippen molar-refractivity contribution in [2.45, 2.75) is 33.6 Å². The topological polar surface area (TPSA) is 87.6 Å². The molecule has 0 unspecified atom stereocenters. The molecule has 0 spiro atoms. The standard InChI is InChI=1S/C14H20N2O5/c1-5-19-11-8-10(15-9(4)16-11)12(13(17)20-6-2)14(18)21-7-3/h8,12H,5-7H2,1-4H3. The maximum Gasteiger partial charge on any atom is 0.326 e. The summed E-state index contributed by atoms with van der Waals surface area (Å²) in [6, 6.07) is 1.45. The van der Waals surface area contributed by atoms with E-state index in [4.69, 9.17) is 14.2 Å². The molecular weight excluding hydrogens is 276 g/mol. The third-order valence-electron chi connectivity index (χ3n) is 2.47. The number of hydrogen-bond donors (Lipinski definition) is 0. The van der Waals surface area contributed by atoms with Gasteiger partial charge in [-0.3, -0.25) is 9.59 Å². The van der Waals surface area contributed by atoms with E-state index >= 15 is 0 Å². The minimum Gasteiger partial charge on any atom is -0.478 e. The summed E-state index contributed by atoms with van der Waals surface area (Å²) in [6.45, 7) is 7.53. The van der Waals surface area contributed by atoms with Crippen LogP contribution in [0.3, 0.4) is 0 Å². The van der Waals surface area contributed by atoms with Gasteiger partial charge >= 0.3 is 11.9 Å². The van der Waals surface area contributed by atoms with Gasteiger partial charge in [0, 0.05) is 6.07 Å². The minimum atomic E-state index is -1.23. The van der Waals surface area contributed by atoms with Crippen molar-refractivity contribution in [3.05, 3.63) is 17.6 Å². The molecule has 0 N–H and O–H groups in total. The SMILES string of the molecule is CCOC(=O)C(C(=O)OCC)c1cc(OCC)nc(C)n1. The average Bonchev–Trinajstić information content (AvgIpc) is 2.39. The van der Waals surface area contributed by atoms with Gasteiger partial charge in [0.15, 0.2) is 5.92 Å². The maximum absolute atomic E-state index is 12.0. The summed E-state index contributed by atoms with van der Waals surface area (Å²) in [5.41, 5.74) is 0.211. The molecule has 0 aliphatic heterocycles. The Bertz CT molecular complexity index is 486. The second-order valence-electron chi connectivity index (χ2n) is 4.05. The molecule has 21 heavy (non-hydrogen) atoms. The van der Waals surface area contributed by atoms with E-state index < -0.39 is 17.9 Å². The Hall–Kier alpha value is -2.18. The highest BCUT2D eigenvalue weighted by molar-refractivity contribution is 6.00. The first kappa shape index (κ1) is 16.9. The van der Waals surface area contributed by atoms with E-state index in [1.165, 1.54) is 6.07 Å². The molecule has 0 aromatic carbocycles. The maximum atomic E-state index is 12.0. The molecule has 0 bridgehead atoms. The van der Waals surface area contributed by atoms with Crippen LogP contribution in [0, 0.1) is 6.92 Å². The summed E-state index contributed by atoms with van der Waals surface area (Å²) >= 11 is 0. The van der Waals surface area contributed by atoms with Crippen molar-refractivity contribution in [2.24, 2.45) is 0 Å². The highest BCUT2D eigenvalue weighted by atomic mass is 16.6. The molecule has 7 nitrogen and oxygen atoms in total. The normalized spacial score (nSPS) is 10.3. The van der Waals surface area contributed by atoms with E-state index in [1.54, 1.807) is 20.8 Å². The molecular formula is C14H20N2O5. The number of ether oxygens (including phenoxy) is 3. The van der Waals surface area contributed by atoms with E-state index in [-0.39, 0.29) is 18.9 Å². The van der Waals surface area contributed by atoms with Gasteiger partial charge in [-0.15, -0.1) is 0 Å². The lowest BCUT2D eigenvalue weighted by atomic mass is 10.1. The van der Waals surface area contributed by atoms with Gasteiger partial charge in [0.25, 0.3) is 0 Å². The summed E-state index contributed by atoms with van der Waals surface area (Å²) in [4.78, 5) is 32.2. The molecule has 0 amide bonds. The third-order valence-corrected chi connectivity index (χ3v) is 2.47. The van der Waals surface area contributed by atoms with E-state index in [1.807, 2.05) is 6.92 Å². The number of carbonyl (C=O) groups excluding carboxylic acids is 2. The Morgan fingerprint density at radius 3 is 2.10 bits per heavy atom. The second kappa shape index (κ2) is 8.18. The van der Waals surface area contributed by atoms with Gasteiger partial charge in [-0.05, 0) is 27.7 Å². The second-order valence-corrected chi connectivity index (χ2v) is 4.05. The van der Waals surface area contributed by atoms with Crippen molar-refractivity contribution >= 4 is 11.9 Å². The fourth-order valence-electron chi connectivity index (χ4n) is 1.72. The number of hydrogen-bond acceptors (Lipinski definition) is 7. The van der Waals surface area contributed by atoms with Crippen LogP contribution >= 0.6 is 0 Å². The zero-order valence-corrected chi connectivity index (χ0v) is 12.7. The van der Waals surface area contributed by atoms with Crippen LogP contribution in [0.5, 0.6) is 5.88 Å². The van der Waals surface area contributed by atoms with Crippen molar-refractivity contribution in [3.8, 4) is 5.88 Å². The number of aromatic nitrogens is 2. The summed E-state index contributed by atoms with van der Waals surface area (Å²) in [5, 5.41) is 0. The van der Waals surface area contributed by atoms with E-state index in [0.29, 0.717) is 18.3 Å². The van der Waals surface area contributed by atoms with Crippen LogP contribution in [0.2, 0.25) is 0 Å². The molecule has 116 valence electrons. The highest BCUT2D eigenvalue weighted by Crippen LogP contribution is 2.21. The van der Waals surface area contributed by atoms with Crippen LogP contribution in [0.4, 0.5) is 0 Å². The highest BCUT2D eigenvalue weighted by Gasteiger charge is 2.33. The van der Waals surface area contributed by atoms with Crippen molar-refractivity contribution < 1.29 is 23.8 Å². The van der Waals surface area contributed by atoms with Gasteiger partial charge in [0.05, 0.1) is 25.5 Å². The van der Waals surface area contributed by atoms with Gasteiger partial charge in [-0.25, -0.2) is 4.98 Å². The third kappa shape index (κ3) is 4.70. The van der Waals surface area contributed by atoms with Crippen LogP contribution in [-0.2, 0) is 19.1 Å². The number of aryl methyl sites for hydroxylation is 1. The van der Waals surface area contributed by atoms with Crippen LogP contribution < -0.4 is 4.74 Å². The molecule has 0 aliphatic rings. The van der Waals surface area contributed by atoms with Crippen LogP contribution in [0.25, 0.3) is 0 Å². The average molecular weight is 296 g/mol. The summed E-state index contributed by atoms with van der Waals surface area (Å²) in [7, 11) is 0. The number of esters is 2. The lowest BCUT2D eigenvalue weighted by molar-refractivity contribution is -0.157. The van der Waals surface area contributed by atoms with Gasteiger partial charge in [-0.1, -0.05) is 0 Å². The molecule has 1 aromatic rings. The van der Waals surface area contributed by atoms with Crippen LogP contribution in [0.15, 0.2) is 6.07 Å². The lowest BCUT2D eigenvalue weighted by Gasteiger charge is -2.15. The first-order valence-electron chi connectivity index (χ1n) is 6.85. The van der Waals surface area contributed by atoms with Crippen molar-refractivity contribution in [1.82, 2.24) is 9.97 Å². The van der Waals surface area contributed by atoms with Gasteiger partial charge < -0.3 is 14.2 Å². The van der Waals surface area contributed by atoms with Crippen molar-refractivity contribution in [3.63, 3.8) is 0 Å². The molecule has 1 aromatic heterocycles. The van der Waals surface area contributed by atoms with Gasteiger partial charge in [-0.2, -0.15) is 4.98 Å². The zero-order valence-electron chi connectivity index (χ0n) is 12.7. The predicted octanol–water partition coefficient (Wildman–Crippen LogP) is 1.39. The molecule has 0 atom stereocenters. The molecule has 1 rings (SSSR count). The fraction of sp³-hybridized carbons (Fsp3) is 0.571. The largest absolute Gasteiger partial charge is 0.478 e. The Morgan fingerprint density at radius 2 is 1.62 bits per heavy atom. The zero-order chi connectivity index (χ0) is 15.8.